The third kappa shape index (κ3) is 4.35. The van der Waals surface area contributed by atoms with Crippen molar-refractivity contribution in [3.05, 3.63) is 77.1 Å². The summed E-state index contributed by atoms with van der Waals surface area (Å²) in [4.78, 5) is 0. The predicted octanol–water partition coefficient (Wildman–Crippen LogP) is 7.70. The van der Waals surface area contributed by atoms with Gasteiger partial charge in [-0.15, -0.1) is 13.2 Å². The van der Waals surface area contributed by atoms with E-state index in [1.54, 1.807) is 0 Å². The van der Waals surface area contributed by atoms with Gasteiger partial charge in [0.25, 0.3) is 0 Å². The van der Waals surface area contributed by atoms with Gasteiger partial charge >= 0.3 is 6.36 Å². The second kappa shape index (κ2) is 8.13. The summed E-state index contributed by atoms with van der Waals surface area (Å²) in [5.74, 6) is -1.86. The van der Waals surface area contributed by atoms with Crippen molar-refractivity contribution in [3.8, 4) is 28.0 Å². The molecule has 0 bridgehead atoms. The van der Waals surface area contributed by atoms with Crippen molar-refractivity contribution in [2.75, 3.05) is 0 Å². The van der Waals surface area contributed by atoms with E-state index >= 15 is 0 Å². The fourth-order valence-electron chi connectivity index (χ4n) is 4.07. The summed E-state index contributed by atoms with van der Waals surface area (Å²) >= 11 is 0. The van der Waals surface area contributed by atoms with Gasteiger partial charge in [0.1, 0.15) is 0 Å². The Morgan fingerprint density at radius 1 is 0.833 bits per heavy atom. The SMILES string of the molecule is CCCCCc1ccc2c(c1)Cc1cc(-c3ccc(OC(F)(F)F)c(F)c3)ccc1-2. The first-order chi connectivity index (χ1) is 14.3. The number of halogens is 4. The van der Waals surface area contributed by atoms with Crippen LogP contribution >= 0.6 is 0 Å². The first kappa shape index (κ1) is 20.5. The zero-order valence-corrected chi connectivity index (χ0v) is 16.7. The number of hydrogen-bond donors (Lipinski definition) is 0. The molecule has 0 spiro atoms. The molecule has 1 aliphatic rings. The Morgan fingerprint density at radius 3 is 2.20 bits per heavy atom. The van der Waals surface area contributed by atoms with Crippen LogP contribution in [0.5, 0.6) is 5.75 Å². The molecule has 0 aromatic heterocycles. The highest BCUT2D eigenvalue weighted by Crippen LogP contribution is 2.39. The van der Waals surface area contributed by atoms with E-state index in [1.165, 1.54) is 42.0 Å². The molecule has 0 heterocycles. The number of ether oxygens (including phenoxy) is 1. The molecule has 5 heteroatoms. The molecule has 0 fully saturated rings. The largest absolute Gasteiger partial charge is 0.573 e. The van der Waals surface area contributed by atoms with Crippen molar-refractivity contribution in [1.82, 2.24) is 0 Å². The lowest BCUT2D eigenvalue weighted by Crippen LogP contribution is -2.17. The van der Waals surface area contributed by atoms with Crippen molar-refractivity contribution < 1.29 is 22.3 Å². The van der Waals surface area contributed by atoms with E-state index in [9.17, 15) is 17.6 Å². The van der Waals surface area contributed by atoms with E-state index in [4.69, 9.17) is 0 Å². The molecule has 0 unspecified atom stereocenters. The van der Waals surface area contributed by atoms with Crippen molar-refractivity contribution >= 4 is 0 Å². The topological polar surface area (TPSA) is 9.23 Å². The number of unbranched alkanes of at least 4 members (excludes halogenated alkanes) is 2. The van der Waals surface area contributed by atoms with E-state index in [-0.39, 0.29) is 0 Å². The average Bonchev–Trinajstić information content (AvgIpc) is 3.05. The molecule has 0 atom stereocenters. The molecule has 0 amide bonds. The molecule has 4 rings (SSSR count). The average molecular weight is 414 g/mol. The molecule has 0 radical (unpaired) electrons. The van der Waals surface area contributed by atoms with Crippen LogP contribution in [0.15, 0.2) is 54.6 Å². The van der Waals surface area contributed by atoms with E-state index in [1.807, 2.05) is 18.2 Å². The summed E-state index contributed by atoms with van der Waals surface area (Å²) in [5, 5.41) is 0. The smallest absolute Gasteiger partial charge is 0.403 e. The highest BCUT2D eigenvalue weighted by Gasteiger charge is 2.32. The zero-order chi connectivity index (χ0) is 21.3. The Hall–Kier alpha value is -2.82. The first-order valence-corrected chi connectivity index (χ1v) is 10.1. The standard InChI is InChI=1S/C25H22F4O/c1-2-3-4-5-16-6-9-21-19(12-16)14-20-13-17(7-10-22(20)21)18-8-11-24(23(26)15-18)30-25(27,28)29/h6-13,15H,2-5,14H2,1H3. The van der Waals surface area contributed by atoms with Crippen LogP contribution in [0.3, 0.4) is 0 Å². The van der Waals surface area contributed by atoms with Crippen LogP contribution in [0, 0.1) is 5.82 Å². The molecule has 1 aliphatic carbocycles. The van der Waals surface area contributed by atoms with Crippen LogP contribution in [0.4, 0.5) is 17.6 Å². The van der Waals surface area contributed by atoms with Crippen molar-refractivity contribution in [1.29, 1.82) is 0 Å². The highest BCUT2D eigenvalue weighted by atomic mass is 19.4. The molecule has 156 valence electrons. The van der Waals surface area contributed by atoms with Gasteiger partial charge in [-0.05, 0) is 70.3 Å². The maximum absolute atomic E-state index is 14.1. The minimum atomic E-state index is -4.92. The molecule has 3 aromatic rings. The minimum absolute atomic E-state index is 0.515. The maximum Gasteiger partial charge on any atom is 0.573 e. The minimum Gasteiger partial charge on any atom is -0.403 e. The highest BCUT2D eigenvalue weighted by molar-refractivity contribution is 5.80. The quantitative estimate of drug-likeness (QED) is 0.232. The van der Waals surface area contributed by atoms with Gasteiger partial charge in [-0.1, -0.05) is 62.2 Å². The molecule has 30 heavy (non-hydrogen) atoms. The number of benzene rings is 3. The molecular weight excluding hydrogens is 392 g/mol. The summed E-state index contributed by atoms with van der Waals surface area (Å²) in [7, 11) is 0. The monoisotopic (exact) mass is 414 g/mol. The van der Waals surface area contributed by atoms with Crippen LogP contribution in [-0.4, -0.2) is 6.36 Å². The van der Waals surface area contributed by atoms with Gasteiger partial charge in [0, 0.05) is 0 Å². The summed E-state index contributed by atoms with van der Waals surface area (Å²) < 4.78 is 54.9. The first-order valence-electron chi connectivity index (χ1n) is 10.1. The summed E-state index contributed by atoms with van der Waals surface area (Å²) in [6, 6.07) is 16.0. The van der Waals surface area contributed by atoms with Crippen LogP contribution in [0.2, 0.25) is 0 Å². The Bertz CT molecular complexity index is 1070. The second-order valence-electron chi connectivity index (χ2n) is 7.69. The third-order valence-electron chi connectivity index (χ3n) is 5.51. The fourth-order valence-corrected chi connectivity index (χ4v) is 4.07. The van der Waals surface area contributed by atoms with Gasteiger partial charge in [-0.3, -0.25) is 0 Å². The molecular formula is C25H22F4O. The lowest BCUT2D eigenvalue weighted by atomic mass is 9.98. The number of hydrogen-bond acceptors (Lipinski definition) is 1. The number of aryl methyl sites for hydroxylation is 1. The van der Waals surface area contributed by atoms with Crippen LogP contribution in [-0.2, 0) is 12.8 Å². The van der Waals surface area contributed by atoms with Gasteiger partial charge in [0.05, 0.1) is 0 Å². The lowest BCUT2D eigenvalue weighted by Gasteiger charge is -2.11. The van der Waals surface area contributed by atoms with Crippen molar-refractivity contribution in [2.45, 2.75) is 45.4 Å². The zero-order valence-electron chi connectivity index (χ0n) is 16.7. The van der Waals surface area contributed by atoms with Gasteiger partial charge in [-0.25, -0.2) is 4.39 Å². The molecule has 3 aromatic carbocycles. The molecule has 0 saturated carbocycles. The summed E-state index contributed by atoms with van der Waals surface area (Å²) in [6.07, 6.45) is 0.572. The van der Waals surface area contributed by atoms with E-state index in [0.717, 1.165) is 41.7 Å². The van der Waals surface area contributed by atoms with Crippen molar-refractivity contribution in [2.24, 2.45) is 0 Å². The van der Waals surface area contributed by atoms with Gasteiger partial charge < -0.3 is 4.74 Å². The second-order valence-corrected chi connectivity index (χ2v) is 7.69. The lowest BCUT2D eigenvalue weighted by molar-refractivity contribution is -0.275. The number of fused-ring (bicyclic) bond motifs is 3. The van der Waals surface area contributed by atoms with Crippen LogP contribution in [0.25, 0.3) is 22.3 Å². The normalized spacial score (nSPS) is 12.6. The van der Waals surface area contributed by atoms with Gasteiger partial charge in [-0.2, -0.15) is 0 Å². The Morgan fingerprint density at radius 2 is 1.50 bits per heavy atom. The van der Waals surface area contributed by atoms with Crippen LogP contribution in [0.1, 0.15) is 42.9 Å². The number of rotatable bonds is 6. The summed E-state index contributed by atoms with van der Waals surface area (Å²) in [5.41, 5.74) is 7.43. The Kier molecular flexibility index (Phi) is 5.54. The van der Waals surface area contributed by atoms with Crippen LogP contribution < -0.4 is 4.74 Å². The Labute approximate surface area is 173 Å². The van der Waals surface area contributed by atoms with E-state index in [0.29, 0.717) is 5.56 Å². The molecule has 0 N–H and O–H groups in total. The summed E-state index contributed by atoms with van der Waals surface area (Å²) in [6.45, 7) is 2.19. The van der Waals surface area contributed by atoms with E-state index in [2.05, 4.69) is 29.9 Å². The number of alkyl halides is 3. The van der Waals surface area contributed by atoms with E-state index < -0.39 is 17.9 Å². The Balaban J connectivity index is 1.57. The fraction of sp³-hybridized carbons (Fsp3) is 0.280. The third-order valence-corrected chi connectivity index (χ3v) is 5.51. The maximum atomic E-state index is 14.1. The molecule has 0 aliphatic heterocycles. The molecule has 0 saturated heterocycles. The van der Waals surface area contributed by atoms with Crippen molar-refractivity contribution in [3.63, 3.8) is 0 Å². The predicted molar refractivity (Wildman–Crippen MR) is 110 cm³/mol. The van der Waals surface area contributed by atoms with Gasteiger partial charge in [0.2, 0.25) is 0 Å². The molecule has 1 nitrogen and oxygen atoms in total. The van der Waals surface area contributed by atoms with Gasteiger partial charge in [0.15, 0.2) is 11.6 Å².